The molecule has 3 rings (SSSR count). The molecule has 2 aromatic carbocycles. The van der Waals surface area contributed by atoms with Crippen molar-refractivity contribution in [1.29, 1.82) is 0 Å². The van der Waals surface area contributed by atoms with Crippen LogP contribution in [0.3, 0.4) is 0 Å². The van der Waals surface area contributed by atoms with Gasteiger partial charge >= 0.3 is 0 Å². The number of nitro benzene ring substituents is 1. The van der Waals surface area contributed by atoms with Crippen molar-refractivity contribution in [2.24, 2.45) is 0 Å². The highest BCUT2D eigenvalue weighted by atomic mass is 16.6. The van der Waals surface area contributed by atoms with Gasteiger partial charge in [-0.05, 0) is 36.2 Å². The summed E-state index contributed by atoms with van der Waals surface area (Å²) in [6, 6.07) is 11.8. The molecule has 9 nitrogen and oxygen atoms in total. The number of carbonyl (C=O) groups excluding carboxylic acids is 1. The summed E-state index contributed by atoms with van der Waals surface area (Å²) >= 11 is 0. The highest BCUT2D eigenvalue weighted by Crippen LogP contribution is 2.23. The van der Waals surface area contributed by atoms with E-state index in [-0.39, 0.29) is 22.8 Å². The molecule has 9 heteroatoms. The Labute approximate surface area is 154 Å². The van der Waals surface area contributed by atoms with Crippen LogP contribution in [0.25, 0.3) is 5.69 Å². The van der Waals surface area contributed by atoms with Gasteiger partial charge in [-0.1, -0.05) is 12.1 Å². The summed E-state index contributed by atoms with van der Waals surface area (Å²) in [6.07, 6.45) is 3.27. The second kappa shape index (κ2) is 8.09. The zero-order valence-corrected chi connectivity index (χ0v) is 14.5. The van der Waals surface area contributed by atoms with Gasteiger partial charge < -0.3 is 10.1 Å². The Morgan fingerprint density at radius 3 is 2.67 bits per heavy atom. The van der Waals surface area contributed by atoms with Gasteiger partial charge in [0, 0.05) is 18.2 Å². The molecule has 1 heterocycles. The maximum Gasteiger partial charge on any atom is 0.295 e. The first kappa shape index (κ1) is 18.1. The van der Waals surface area contributed by atoms with Crippen LogP contribution < -0.4 is 10.1 Å². The first-order chi connectivity index (χ1) is 13.1. The molecule has 1 amide bonds. The van der Waals surface area contributed by atoms with Crippen LogP contribution in [0.15, 0.2) is 55.1 Å². The third kappa shape index (κ3) is 4.27. The fourth-order valence-corrected chi connectivity index (χ4v) is 2.55. The second-order valence-corrected chi connectivity index (χ2v) is 5.65. The predicted octanol–water partition coefficient (Wildman–Crippen LogP) is 2.16. The highest BCUT2D eigenvalue weighted by molar-refractivity contribution is 5.95. The van der Waals surface area contributed by atoms with E-state index in [9.17, 15) is 14.9 Å². The summed E-state index contributed by atoms with van der Waals surface area (Å²) in [6.45, 7) is 0.407. The number of benzene rings is 2. The molecule has 0 radical (unpaired) electrons. The molecule has 0 spiro atoms. The molecule has 0 atom stereocenters. The molecule has 27 heavy (non-hydrogen) atoms. The van der Waals surface area contributed by atoms with E-state index in [2.05, 4.69) is 15.4 Å². The molecule has 138 valence electrons. The van der Waals surface area contributed by atoms with E-state index in [1.165, 1.54) is 35.5 Å². The summed E-state index contributed by atoms with van der Waals surface area (Å²) in [5.41, 5.74) is 1.28. The van der Waals surface area contributed by atoms with Crippen molar-refractivity contribution < 1.29 is 14.5 Å². The Bertz CT molecular complexity index is 939. The van der Waals surface area contributed by atoms with Gasteiger partial charge in [0.1, 0.15) is 24.1 Å². The number of amides is 1. The molecule has 0 saturated carbocycles. The third-order valence-electron chi connectivity index (χ3n) is 3.96. The van der Waals surface area contributed by atoms with Gasteiger partial charge in [0.05, 0.1) is 12.0 Å². The van der Waals surface area contributed by atoms with E-state index in [4.69, 9.17) is 4.74 Å². The van der Waals surface area contributed by atoms with Gasteiger partial charge in [-0.2, -0.15) is 5.10 Å². The number of carbonyl (C=O) groups is 1. The minimum Gasteiger partial charge on any atom is -0.497 e. The van der Waals surface area contributed by atoms with Crippen LogP contribution in [0.5, 0.6) is 5.75 Å². The standard InChI is InChI=1S/C18H17N5O4/c1-27-15-5-2-13(3-6-15)8-9-20-18(24)14-4-7-16(17(10-14)23(25)26)22-12-19-11-21-22/h2-7,10-12H,8-9H2,1H3,(H,20,24). The van der Waals surface area contributed by atoms with Crippen molar-refractivity contribution in [2.75, 3.05) is 13.7 Å². The average molecular weight is 367 g/mol. The lowest BCUT2D eigenvalue weighted by Crippen LogP contribution is -2.25. The zero-order valence-electron chi connectivity index (χ0n) is 14.5. The van der Waals surface area contributed by atoms with Crippen LogP contribution >= 0.6 is 0 Å². The summed E-state index contributed by atoms with van der Waals surface area (Å²) in [7, 11) is 1.60. The van der Waals surface area contributed by atoms with Crippen LogP contribution in [-0.2, 0) is 6.42 Å². The number of rotatable bonds is 7. The number of ether oxygens (including phenoxy) is 1. The molecule has 1 aromatic heterocycles. The zero-order chi connectivity index (χ0) is 19.2. The maximum atomic E-state index is 12.3. The van der Waals surface area contributed by atoms with E-state index >= 15 is 0 Å². The summed E-state index contributed by atoms with van der Waals surface area (Å²) in [4.78, 5) is 26.9. The Kier molecular flexibility index (Phi) is 5.41. The molecule has 0 aliphatic heterocycles. The van der Waals surface area contributed by atoms with Gasteiger partial charge in [0.2, 0.25) is 0 Å². The number of nitrogens with zero attached hydrogens (tertiary/aromatic N) is 4. The van der Waals surface area contributed by atoms with Crippen LogP contribution in [0.1, 0.15) is 15.9 Å². The van der Waals surface area contributed by atoms with Gasteiger partial charge in [-0.15, -0.1) is 0 Å². The molecule has 0 saturated heterocycles. The van der Waals surface area contributed by atoms with Crippen molar-refractivity contribution in [3.05, 3.63) is 76.4 Å². The van der Waals surface area contributed by atoms with E-state index in [0.29, 0.717) is 13.0 Å². The van der Waals surface area contributed by atoms with Gasteiger partial charge in [0.15, 0.2) is 0 Å². The molecular weight excluding hydrogens is 350 g/mol. The third-order valence-corrected chi connectivity index (χ3v) is 3.96. The first-order valence-electron chi connectivity index (χ1n) is 8.13. The molecule has 0 aliphatic carbocycles. The van der Waals surface area contributed by atoms with Gasteiger partial charge in [-0.3, -0.25) is 14.9 Å². The Balaban J connectivity index is 1.67. The number of nitro groups is 1. The molecular formula is C18H17N5O4. The number of hydrogen-bond acceptors (Lipinski definition) is 6. The van der Waals surface area contributed by atoms with E-state index < -0.39 is 4.92 Å². The molecule has 0 unspecified atom stereocenters. The van der Waals surface area contributed by atoms with Crippen molar-refractivity contribution in [3.63, 3.8) is 0 Å². The summed E-state index contributed by atoms with van der Waals surface area (Å²) in [5.74, 6) is 0.388. The molecule has 0 aliphatic rings. The number of aromatic nitrogens is 3. The summed E-state index contributed by atoms with van der Waals surface area (Å²) in [5, 5.41) is 18.0. The first-order valence-corrected chi connectivity index (χ1v) is 8.13. The fourth-order valence-electron chi connectivity index (χ4n) is 2.55. The molecule has 0 bridgehead atoms. The maximum absolute atomic E-state index is 12.3. The fraction of sp³-hybridized carbons (Fsp3) is 0.167. The lowest BCUT2D eigenvalue weighted by Gasteiger charge is -2.08. The molecule has 1 N–H and O–H groups in total. The lowest BCUT2D eigenvalue weighted by atomic mass is 10.1. The van der Waals surface area contributed by atoms with Crippen molar-refractivity contribution in [1.82, 2.24) is 20.1 Å². The smallest absolute Gasteiger partial charge is 0.295 e. The SMILES string of the molecule is COc1ccc(CCNC(=O)c2ccc(-n3cncn3)c([N+](=O)[O-])c2)cc1. The van der Waals surface area contributed by atoms with Gasteiger partial charge in [0.25, 0.3) is 11.6 Å². The average Bonchev–Trinajstić information content (AvgIpc) is 3.22. The Morgan fingerprint density at radius 1 is 1.26 bits per heavy atom. The van der Waals surface area contributed by atoms with Crippen molar-refractivity contribution in [2.45, 2.75) is 6.42 Å². The summed E-state index contributed by atoms with van der Waals surface area (Å²) < 4.78 is 6.38. The molecule has 0 fully saturated rings. The Hall–Kier alpha value is -3.75. The van der Waals surface area contributed by atoms with Crippen molar-refractivity contribution in [3.8, 4) is 11.4 Å². The van der Waals surface area contributed by atoms with Crippen molar-refractivity contribution >= 4 is 11.6 Å². The second-order valence-electron chi connectivity index (χ2n) is 5.65. The predicted molar refractivity (Wildman–Crippen MR) is 97.0 cm³/mol. The quantitative estimate of drug-likeness (QED) is 0.506. The lowest BCUT2D eigenvalue weighted by molar-refractivity contribution is -0.384. The topological polar surface area (TPSA) is 112 Å². The number of methoxy groups -OCH3 is 1. The van der Waals surface area contributed by atoms with E-state index in [1.54, 1.807) is 7.11 Å². The van der Waals surface area contributed by atoms with E-state index in [1.807, 2.05) is 24.3 Å². The number of hydrogen-bond donors (Lipinski definition) is 1. The highest BCUT2D eigenvalue weighted by Gasteiger charge is 2.19. The largest absolute Gasteiger partial charge is 0.497 e. The normalized spacial score (nSPS) is 10.4. The van der Waals surface area contributed by atoms with Crippen LogP contribution in [0.2, 0.25) is 0 Å². The van der Waals surface area contributed by atoms with E-state index in [0.717, 1.165) is 11.3 Å². The monoisotopic (exact) mass is 367 g/mol. The Morgan fingerprint density at radius 2 is 2.04 bits per heavy atom. The van der Waals surface area contributed by atoms with Gasteiger partial charge in [-0.25, -0.2) is 9.67 Å². The van der Waals surface area contributed by atoms with Crippen LogP contribution in [0, 0.1) is 10.1 Å². The van der Waals surface area contributed by atoms with Crippen LogP contribution in [0.4, 0.5) is 5.69 Å². The minimum atomic E-state index is -0.550. The minimum absolute atomic E-state index is 0.209. The number of nitrogens with one attached hydrogen (secondary N) is 1. The van der Waals surface area contributed by atoms with Crippen LogP contribution in [-0.4, -0.2) is 39.2 Å². The molecule has 3 aromatic rings.